The highest BCUT2D eigenvalue weighted by molar-refractivity contribution is 5.85. The van der Waals surface area contributed by atoms with E-state index in [1.807, 2.05) is 36.4 Å². The first-order chi connectivity index (χ1) is 10.6. The standard InChI is InChI=1S/C18H16O4.ClH/c19-17(20)15-13(11-7-3-1-4-8-11)16(18(21)22)14(15)12-9-5-2-6-10-12;/h1-10,13-16H,(H,19,20)(H,21,22);1H. The fraction of sp³-hybridized carbons (Fsp3) is 0.222. The van der Waals surface area contributed by atoms with Crippen molar-refractivity contribution in [1.29, 1.82) is 0 Å². The maximum atomic E-state index is 11.7. The smallest absolute Gasteiger partial charge is 0.307 e. The van der Waals surface area contributed by atoms with E-state index in [1.54, 1.807) is 24.3 Å². The molecule has 23 heavy (non-hydrogen) atoms. The minimum absolute atomic E-state index is 0. The molecule has 0 amide bonds. The van der Waals surface area contributed by atoms with Gasteiger partial charge >= 0.3 is 11.9 Å². The number of aliphatic carboxylic acids is 2. The number of carbonyl (C=O) groups is 2. The van der Waals surface area contributed by atoms with Gasteiger partial charge in [0.15, 0.2) is 0 Å². The fourth-order valence-corrected chi connectivity index (χ4v) is 3.54. The van der Waals surface area contributed by atoms with Crippen LogP contribution in [0.4, 0.5) is 0 Å². The average molecular weight is 333 g/mol. The van der Waals surface area contributed by atoms with Crippen molar-refractivity contribution >= 4 is 24.3 Å². The number of benzene rings is 2. The van der Waals surface area contributed by atoms with Crippen molar-refractivity contribution in [1.82, 2.24) is 0 Å². The Morgan fingerprint density at radius 3 is 1.22 bits per heavy atom. The highest BCUT2D eigenvalue weighted by Gasteiger charge is 2.58. The van der Waals surface area contributed by atoms with Crippen LogP contribution in [0, 0.1) is 11.8 Å². The van der Waals surface area contributed by atoms with Crippen LogP contribution in [0.15, 0.2) is 60.7 Å². The quantitative estimate of drug-likeness (QED) is 0.900. The number of carboxylic acids is 2. The zero-order valence-electron chi connectivity index (χ0n) is 12.2. The fourth-order valence-electron chi connectivity index (χ4n) is 3.54. The van der Waals surface area contributed by atoms with E-state index in [-0.39, 0.29) is 12.4 Å². The summed E-state index contributed by atoms with van der Waals surface area (Å²) in [6.45, 7) is 0. The highest BCUT2D eigenvalue weighted by atomic mass is 35.5. The van der Waals surface area contributed by atoms with Crippen LogP contribution < -0.4 is 0 Å². The predicted molar refractivity (Wildman–Crippen MR) is 87.9 cm³/mol. The predicted octanol–water partition coefficient (Wildman–Crippen LogP) is 3.39. The van der Waals surface area contributed by atoms with Crippen molar-refractivity contribution in [3.63, 3.8) is 0 Å². The van der Waals surface area contributed by atoms with Gasteiger partial charge in [0.25, 0.3) is 0 Å². The lowest BCUT2D eigenvalue weighted by atomic mass is 9.52. The van der Waals surface area contributed by atoms with Gasteiger partial charge in [-0.15, -0.1) is 12.4 Å². The molecule has 0 bridgehead atoms. The summed E-state index contributed by atoms with van der Waals surface area (Å²) < 4.78 is 0. The van der Waals surface area contributed by atoms with E-state index in [0.717, 1.165) is 11.1 Å². The van der Waals surface area contributed by atoms with Gasteiger partial charge in [-0.1, -0.05) is 60.7 Å². The lowest BCUT2D eigenvalue weighted by molar-refractivity contribution is -0.159. The summed E-state index contributed by atoms with van der Waals surface area (Å²) >= 11 is 0. The number of halogens is 1. The molecule has 0 saturated heterocycles. The molecule has 4 nitrogen and oxygen atoms in total. The maximum Gasteiger partial charge on any atom is 0.307 e. The van der Waals surface area contributed by atoms with Crippen molar-refractivity contribution in [3.8, 4) is 0 Å². The molecule has 0 atom stereocenters. The molecule has 0 radical (unpaired) electrons. The second-order valence-electron chi connectivity index (χ2n) is 5.60. The van der Waals surface area contributed by atoms with E-state index >= 15 is 0 Å². The highest BCUT2D eigenvalue weighted by Crippen LogP contribution is 2.57. The van der Waals surface area contributed by atoms with Crippen molar-refractivity contribution in [3.05, 3.63) is 71.8 Å². The number of rotatable bonds is 4. The van der Waals surface area contributed by atoms with Crippen LogP contribution in [0.25, 0.3) is 0 Å². The molecular weight excluding hydrogens is 316 g/mol. The first kappa shape index (κ1) is 17.0. The van der Waals surface area contributed by atoms with Crippen molar-refractivity contribution in [2.45, 2.75) is 11.8 Å². The van der Waals surface area contributed by atoms with E-state index < -0.39 is 35.6 Å². The summed E-state index contributed by atoms with van der Waals surface area (Å²) in [5.41, 5.74) is 1.55. The zero-order chi connectivity index (χ0) is 15.7. The molecule has 1 fully saturated rings. The molecular formula is C18H17ClO4. The van der Waals surface area contributed by atoms with Gasteiger partial charge in [0.05, 0.1) is 11.8 Å². The molecule has 120 valence electrons. The molecule has 2 aromatic rings. The van der Waals surface area contributed by atoms with Gasteiger partial charge in [-0.25, -0.2) is 0 Å². The second-order valence-corrected chi connectivity index (χ2v) is 5.60. The van der Waals surface area contributed by atoms with Crippen molar-refractivity contribution < 1.29 is 19.8 Å². The van der Waals surface area contributed by atoms with Gasteiger partial charge in [0, 0.05) is 11.8 Å². The third-order valence-corrected chi connectivity index (χ3v) is 4.49. The summed E-state index contributed by atoms with van der Waals surface area (Å²) in [6, 6.07) is 18.1. The summed E-state index contributed by atoms with van der Waals surface area (Å²) in [4.78, 5) is 23.4. The average Bonchev–Trinajstić information content (AvgIpc) is 2.47. The Labute approximate surface area is 140 Å². The SMILES string of the molecule is Cl.O=C(O)C1C(c2ccccc2)C(C(=O)O)C1c1ccccc1. The molecule has 1 saturated carbocycles. The van der Waals surface area contributed by atoms with Crippen molar-refractivity contribution in [2.75, 3.05) is 0 Å². The summed E-state index contributed by atoms with van der Waals surface area (Å²) in [7, 11) is 0. The third kappa shape index (κ3) is 2.94. The van der Waals surface area contributed by atoms with E-state index in [4.69, 9.17) is 0 Å². The largest absolute Gasteiger partial charge is 0.481 e. The number of hydrogen-bond acceptors (Lipinski definition) is 2. The Balaban J connectivity index is 0.00000192. The zero-order valence-corrected chi connectivity index (χ0v) is 13.0. The lowest BCUT2D eigenvalue weighted by Crippen LogP contribution is -2.50. The summed E-state index contributed by atoms with van der Waals surface area (Å²) in [5.74, 6) is -4.32. The van der Waals surface area contributed by atoms with Gasteiger partial charge in [-0.2, -0.15) is 0 Å². The molecule has 1 aliphatic carbocycles. The van der Waals surface area contributed by atoms with Gasteiger partial charge in [-0.3, -0.25) is 9.59 Å². The summed E-state index contributed by atoms with van der Waals surface area (Å²) in [5, 5.41) is 19.2. The Kier molecular flexibility index (Phi) is 5.06. The number of hydrogen-bond donors (Lipinski definition) is 2. The molecule has 0 unspecified atom stereocenters. The first-order valence-corrected chi connectivity index (χ1v) is 7.16. The Morgan fingerprint density at radius 2 is 0.957 bits per heavy atom. The van der Waals surface area contributed by atoms with E-state index in [0.29, 0.717) is 0 Å². The molecule has 0 heterocycles. The summed E-state index contributed by atoms with van der Waals surface area (Å²) in [6.07, 6.45) is 0. The van der Waals surface area contributed by atoms with E-state index in [2.05, 4.69) is 0 Å². The van der Waals surface area contributed by atoms with Gasteiger partial charge in [0.2, 0.25) is 0 Å². The molecule has 3 rings (SSSR count). The topological polar surface area (TPSA) is 74.6 Å². The molecule has 0 aliphatic heterocycles. The van der Waals surface area contributed by atoms with Crippen LogP contribution in [-0.2, 0) is 9.59 Å². The van der Waals surface area contributed by atoms with Crippen LogP contribution in [0.1, 0.15) is 23.0 Å². The normalized spacial score (nSPS) is 25.7. The third-order valence-electron chi connectivity index (χ3n) is 4.49. The molecule has 1 aliphatic rings. The minimum Gasteiger partial charge on any atom is -0.481 e. The maximum absolute atomic E-state index is 11.7. The van der Waals surface area contributed by atoms with E-state index in [1.165, 1.54) is 0 Å². The number of carboxylic acid groups (broad SMARTS) is 2. The Bertz CT molecular complexity index is 617. The van der Waals surface area contributed by atoms with Crippen LogP contribution >= 0.6 is 12.4 Å². The minimum atomic E-state index is -0.944. The van der Waals surface area contributed by atoms with Gasteiger partial charge in [0.1, 0.15) is 0 Å². The monoisotopic (exact) mass is 332 g/mol. The molecule has 0 spiro atoms. The second kappa shape index (κ2) is 6.84. The van der Waals surface area contributed by atoms with Crippen LogP contribution in [0.5, 0.6) is 0 Å². The first-order valence-electron chi connectivity index (χ1n) is 7.16. The van der Waals surface area contributed by atoms with E-state index in [9.17, 15) is 19.8 Å². The Morgan fingerprint density at radius 1 is 0.652 bits per heavy atom. The molecule has 2 N–H and O–H groups in total. The molecule has 2 aromatic carbocycles. The van der Waals surface area contributed by atoms with Crippen LogP contribution in [-0.4, -0.2) is 22.2 Å². The van der Waals surface area contributed by atoms with Crippen molar-refractivity contribution in [2.24, 2.45) is 11.8 Å². The van der Waals surface area contributed by atoms with Gasteiger partial charge in [-0.05, 0) is 11.1 Å². The molecule has 5 heteroatoms. The van der Waals surface area contributed by atoms with Crippen LogP contribution in [0.2, 0.25) is 0 Å². The molecule has 0 aromatic heterocycles. The van der Waals surface area contributed by atoms with Crippen LogP contribution in [0.3, 0.4) is 0 Å². The Hall–Kier alpha value is -2.33. The lowest BCUT2D eigenvalue weighted by Gasteiger charge is -2.48. The van der Waals surface area contributed by atoms with Gasteiger partial charge < -0.3 is 10.2 Å².